The third kappa shape index (κ3) is 3.66. The first-order valence-electron chi connectivity index (χ1n) is 9.27. The average molecular weight is 364 g/mol. The molecule has 1 aliphatic heterocycles. The van der Waals surface area contributed by atoms with Crippen LogP contribution in [0.5, 0.6) is 5.75 Å². The van der Waals surface area contributed by atoms with E-state index < -0.39 is 0 Å². The van der Waals surface area contributed by atoms with Crippen molar-refractivity contribution in [2.24, 2.45) is 0 Å². The van der Waals surface area contributed by atoms with Crippen molar-refractivity contribution in [1.82, 2.24) is 15.1 Å². The molecule has 1 aliphatic rings. The molecule has 1 aromatic heterocycles. The Kier molecular flexibility index (Phi) is 5.07. The maximum Gasteiger partial charge on any atom is 0.247 e. The van der Waals surface area contributed by atoms with Gasteiger partial charge in [-0.05, 0) is 31.2 Å². The predicted octanol–water partition coefficient (Wildman–Crippen LogP) is 3.63. The van der Waals surface area contributed by atoms with Gasteiger partial charge in [-0.2, -0.15) is 0 Å². The lowest BCUT2D eigenvalue weighted by atomic mass is 10.2. The lowest BCUT2D eigenvalue weighted by molar-refractivity contribution is 0.173. The minimum absolute atomic E-state index is 0.0924. The van der Waals surface area contributed by atoms with Crippen molar-refractivity contribution in [1.29, 1.82) is 0 Å². The number of piperazine rings is 1. The first kappa shape index (κ1) is 17.5. The molecule has 6 nitrogen and oxygen atoms in total. The number of para-hydroxylation sites is 2. The van der Waals surface area contributed by atoms with Crippen molar-refractivity contribution >= 4 is 5.69 Å². The summed E-state index contributed by atoms with van der Waals surface area (Å²) in [6, 6.07) is 18.1. The Balaban J connectivity index is 1.42. The van der Waals surface area contributed by atoms with E-state index in [1.54, 1.807) is 7.11 Å². The number of benzene rings is 2. The van der Waals surface area contributed by atoms with E-state index in [2.05, 4.69) is 39.1 Å². The third-order valence-electron chi connectivity index (χ3n) is 5.11. The zero-order valence-corrected chi connectivity index (χ0v) is 15.7. The van der Waals surface area contributed by atoms with Gasteiger partial charge in [0.25, 0.3) is 0 Å². The van der Waals surface area contributed by atoms with Crippen molar-refractivity contribution in [3.05, 3.63) is 60.5 Å². The van der Waals surface area contributed by atoms with Gasteiger partial charge in [-0.25, -0.2) is 0 Å². The van der Waals surface area contributed by atoms with Crippen LogP contribution in [0, 0.1) is 0 Å². The van der Waals surface area contributed by atoms with E-state index in [1.807, 2.05) is 42.5 Å². The van der Waals surface area contributed by atoms with Gasteiger partial charge in [0.15, 0.2) is 0 Å². The molecule has 0 saturated carbocycles. The molecule has 2 aromatic carbocycles. The zero-order valence-electron chi connectivity index (χ0n) is 15.7. The molecule has 140 valence electrons. The number of ether oxygens (including phenoxy) is 1. The molecule has 1 fully saturated rings. The van der Waals surface area contributed by atoms with E-state index in [0.717, 1.165) is 43.2 Å². The Morgan fingerprint density at radius 2 is 1.63 bits per heavy atom. The van der Waals surface area contributed by atoms with Crippen LogP contribution in [0.25, 0.3) is 11.5 Å². The number of hydrogen-bond acceptors (Lipinski definition) is 6. The van der Waals surface area contributed by atoms with Crippen LogP contribution >= 0.6 is 0 Å². The largest absolute Gasteiger partial charge is 0.495 e. The van der Waals surface area contributed by atoms with Crippen molar-refractivity contribution < 1.29 is 9.15 Å². The number of methoxy groups -OCH3 is 1. The topological polar surface area (TPSA) is 54.6 Å². The van der Waals surface area contributed by atoms with Gasteiger partial charge < -0.3 is 14.1 Å². The van der Waals surface area contributed by atoms with E-state index in [4.69, 9.17) is 9.15 Å². The highest BCUT2D eigenvalue weighted by Gasteiger charge is 2.26. The summed E-state index contributed by atoms with van der Waals surface area (Å²) in [4.78, 5) is 4.75. The molecule has 4 rings (SSSR count). The molecular formula is C21H24N4O2. The number of rotatable bonds is 5. The van der Waals surface area contributed by atoms with Gasteiger partial charge in [0, 0.05) is 31.7 Å². The molecule has 0 unspecified atom stereocenters. The van der Waals surface area contributed by atoms with Crippen LogP contribution in [0.1, 0.15) is 18.9 Å². The summed E-state index contributed by atoms with van der Waals surface area (Å²) < 4.78 is 11.4. The summed E-state index contributed by atoms with van der Waals surface area (Å²) in [6.07, 6.45) is 0. The smallest absolute Gasteiger partial charge is 0.247 e. The molecule has 0 bridgehead atoms. The fourth-order valence-electron chi connectivity index (χ4n) is 3.50. The molecule has 0 radical (unpaired) electrons. The van der Waals surface area contributed by atoms with Crippen molar-refractivity contribution in [3.63, 3.8) is 0 Å². The quantitative estimate of drug-likeness (QED) is 0.689. The van der Waals surface area contributed by atoms with Crippen LogP contribution in [0.15, 0.2) is 59.0 Å². The molecule has 27 heavy (non-hydrogen) atoms. The van der Waals surface area contributed by atoms with Crippen molar-refractivity contribution in [2.45, 2.75) is 13.0 Å². The zero-order chi connectivity index (χ0) is 18.6. The van der Waals surface area contributed by atoms with Crippen LogP contribution in [0.2, 0.25) is 0 Å². The summed E-state index contributed by atoms with van der Waals surface area (Å²) >= 11 is 0. The second-order valence-corrected chi connectivity index (χ2v) is 6.68. The predicted molar refractivity (Wildman–Crippen MR) is 105 cm³/mol. The Morgan fingerprint density at radius 1 is 0.926 bits per heavy atom. The molecule has 0 spiro atoms. The van der Waals surface area contributed by atoms with Gasteiger partial charge in [-0.1, -0.05) is 30.3 Å². The Labute approximate surface area is 159 Å². The fourth-order valence-corrected chi connectivity index (χ4v) is 3.50. The van der Waals surface area contributed by atoms with Gasteiger partial charge in [0.05, 0.1) is 18.8 Å². The fraction of sp³-hybridized carbons (Fsp3) is 0.333. The van der Waals surface area contributed by atoms with Gasteiger partial charge in [-0.3, -0.25) is 4.90 Å². The van der Waals surface area contributed by atoms with Gasteiger partial charge in [-0.15, -0.1) is 10.2 Å². The number of hydrogen-bond donors (Lipinski definition) is 0. The lowest BCUT2D eigenvalue weighted by Crippen LogP contribution is -2.47. The first-order valence-corrected chi connectivity index (χ1v) is 9.27. The number of nitrogens with zero attached hydrogens (tertiary/aromatic N) is 4. The van der Waals surface area contributed by atoms with Crippen LogP contribution in [0.3, 0.4) is 0 Å². The summed E-state index contributed by atoms with van der Waals surface area (Å²) in [7, 11) is 1.72. The Morgan fingerprint density at radius 3 is 2.37 bits per heavy atom. The van der Waals surface area contributed by atoms with Crippen LogP contribution < -0.4 is 9.64 Å². The molecule has 0 aliphatic carbocycles. The molecule has 0 N–H and O–H groups in total. The van der Waals surface area contributed by atoms with E-state index >= 15 is 0 Å². The van der Waals surface area contributed by atoms with E-state index in [9.17, 15) is 0 Å². The molecule has 1 saturated heterocycles. The normalized spacial score (nSPS) is 16.3. The van der Waals surface area contributed by atoms with Gasteiger partial charge >= 0.3 is 0 Å². The monoisotopic (exact) mass is 364 g/mol. The minimum Gasteiger partial charge on any atom is -0.495 e. The minimum atomic E-state index is 0.0924. The second kappa shape index (κ2) is 7.80. The number of anilines is 1. The first-order chi connectivity index (χ1) is 13.3. The lowest BCUT2D eigenvalue weighted by Gasteiger charge is -2.38. The van der Waals surface area contributed by atoms with Crippen molar-refractivity contribution in [3.8, 4) is 17.2 Å². The van der Waals surface area contributed by atoms with Crippen LogP contribution in [0.4, 0.5) is 5.69 Å². The average Bonchev–Trinajstić information content (AvgIpc) is 3.24. The molecule has 6 heteroatoms. The molecular weight excluding hydrogens is 340 g/mol. The highest BCUT2D eigenvalue weighted by molar-refractivity contribution is 5.58. The summed E-state index contributed by atoms with van der Waals surface area (Å²) in [5.74, 6) is 2.16. The van der Waals surface area contributed by atoms with Crippen LogP contribution in [-0.4, -0.2) is 48.4 Å². The maximum atomic E-state index is 5.94. The summed E-state index contributed by atoms with van der Waals surface area (Å²) in [5, 5.41) is 8.50. The molecule has 1 atom stereocenters. The van der Waals surface area contributed by atoms with E-state index in [-0.39, 0.29) is 6.04 Å². The Hall–Kier alpha value is -2.86. The molecule has 3 aromatic rings. The van der Waals surface area contributed by atoms with Gasteiger partial charge in [0.2, 0.25) is 11.8 Å². The third-order valence-corrected chi connectivity index (χ3v) is 5.11. The van der Waals surface area contributed by atoms with E-state index in [0.29, 0.717) is 11.8 Å². The number of aromatic nitrogens is 2. The van der Waals surface area contributed by atoms with Gasteiger partial charge in [0.1, 0.15) is 5.75 Å². The standard InChI is InChI=1S/C21H24N4O2/c1-16(20-22-23-21(27-20)17-8-4-3-5-9-17)24-12-14-25(15-13-24)18-10-6-7-11-19(18)26-2/h3-11,16H,12-15H2,1-2H3/t16-/m1/s1. The maximum absolute atomic E-state index is 5.94. The highest BCUT2D eigenvalue weighted by atomic mass is 16.5. The second-order valence-electron chi connectivity index (χ2n) is 6.68. The summed E-state index contributed by atoms with van der Waals surface area (Å²) in [5.41, 5.74) is 2.10. The highest BCUT2D eigenvalue weighted by Crippen LogP contribution is 2.30. The summed E-state index contributed by atoms with van der Waals surface area (Å²) in [6.45, 7) is 5.86. The Bertz CT molecular complexity index is 873. The SMILES string of the molecule is COc1ccccc1N1CCN([C@H](C)c2nnc(-c3ccccc3)o2)CC1. The van der Waals surface area contributed by atoms with Crippen LogP contribution in [-0.2, 0) is 0 Å². The molecule has 2 heterocycles. The van der Waals surface area contributed by atoms with E-state index in [1.165, 1.54) is 0 Å². The molecule has 0 amide bonds. The van der Waals surface area contributed by atoms with Crippen molar-refractivity contribution in [2.75, 3.05) is 38.2 Å².